The van der Waals surface area contributed by atoms with Crippen molar-refractivity contribution >= 4 is 26.0 Å². The molecule has 0 amide bonds. The molecule has 0 saturated carbocycles. The maximum Gasteiger partial charge on any atom is 0.232 e. The van der Waals surface area contributed by atoms with E-state index >= 15 is 0 Å². The topological polar surface area (TPSA) is 64.1 Å². The predicted octanol–water partition coefficient (Wildman–Crippen LogP) is 1.01. The molecule has 0 aliphatic rings. The van der Waals surface area contributed by atoms with Crippen LogP contribution in [0.15, 0.2) is 18.3 Å². The third-order valence-electron chi connectivity index (χ3n) is 1.58. The number of hydrogen-bond donors (Lipinski definition) is 0. The van der Waals surface area contributed by atoms with E-state index in [1.165, 1.54) is 12.3 Å². The van der Waals surface area contributed by atoms with Crippen molar-refractivity contribution in [3.8, 4) is 0 Å². The van der Waals surface area contributed by atoms with Gasteiger partial charge in [0.05, 0.1) is 5.75 Å². The number of aryl methyl sites for hydroxylation is 1. The third-order valence-corrected chi connectivity index (χ3v) is 2.73. The fourth-order valence-corrected chi connectivity index (χ4v) is 1.62. The first-order valence-electron chi connectivity index (χ1n) is 3.84. The second-order valence-corrected chi connectivity index (χ2v) is 5.59. The molecule has 0 fully saturated rings. The number of carbonyl (C=O) groups excluding carboxylic acids is 1. The van der Waals surface area contributed by atoms with Crippen LogP contribution in [0.25, 0.3) is 0 Å². The highest BCUT2D eigenvalue weighted by Gasteiger charge is 2.06. The minimum absolute atomic E-state index is 0.177. The van der Waals surface area contributed by atoms with Gasteiger partial charge in [-0.1, -0.05) is 0 Å². The number of aromatic nitrogens is 1. The maximum atomic E-state index is 10.6. The summed E-state index contributed by atoms with van der Waals surface area (Å²) < 4.78 is 21.3. The summed E-state index contributed by atoms with van der Waals surface area (Å²) in [5.74, 6) is -0.177. The zero-order valence-electron chi connectivity index (χ0n) is 7.18. The standard InChI is InChI=1S/C8H8ClNO3S/c9-14(12,13)4-2-8-5-7(6-11)1-3-10-8/h1,3,5-6H,2,4H2. The minimum Gasteiger partial charge on any atom is -0.298 e. The third kappa shape index (κ3) is 3.85. The minimum atomic E-state index is -3.50. The molecule has 0 aliphatic carbocycles. The Morgan fingerprint density at radius 3 is 2.79 bits per heavy atom. The highest BCUT2D eigenvalue weighted by Crippen LogP contribution is 2.04. The van der Waals surface area contributed by atoms with Gasteiger partial charge in [0.15, 0.2) is 0 Å². The lowest BCUT2D eigenvalue weighted by atomic mass is 10.2. The summed E-state index contributed by atoms with van der Waals surface area (Å²) in [5, 5.41) is 0. The molecule has 0 aliphatic heterocycles. The second kappa shape index (κ2) is 4.52. The smallest absolute Gasteiger partial charge is 0.232 e. The van der Waals surface area contributed by atoms with E-state index in [-0.39, 0.29) is 12.2 Å². The van der Waals surface area contributed by atoms with E-state index in [0.717, 1.165) is 0 Å². The summed E-state index contributed by atoms with van der Waals surface area (Å²) >= 11 is 0. The molecule has 0 aromatic carbocycles. The van der Waals surface area contributed by atoms with Gasteiger partial charge in [0.2, 0.25) is 9.05 Å². The van der Waals surface area contributed by atoms with Crippen molar-refractivity contribution in [3.05, 3.63) is 29.6 Å². The van der Waals surface area contributed by atoms with Crippen LogP contribution in [0.1, 0.15) is 16.1 Å². The van der Waals surface area contributed by atoms with E-state index in [1.807, 2.05) is 0 Å². The maximum absolute atomic E-state index is 10.6. The van der Waals surface area contributed by atoms with Crippen LogP contribution in [-0.4, -0.2) is 25.4 Å². The fraction of sp³-hybridized carbons (Fsp3) is 0.250. The normalized spacial score (nSPS) is 11.2. The Hall–Kier alpha value is -0.940. The van der Waals surface area contributed by atoms with Gasteiger partial charge in [-0.3, -0.25) is 9.78 Å². The Kier molecular flexibility index (Phi) is 3.60. The summed E-state index contributed by atoms with van der Waals surface area (Å²) in [4.78, 5) is 14.3. The zero-order valence-corrected chi connectivity index (χ0v) is 8.75. The molecule has 1 rings (SSSR count). The fourth-order valence-electron chi connectivity index (χ4n) is 0.933. The second-order valence-electron chi connectivity index (χ2n) is 2.69. The molecule has 0 radical (unpaired) electrons. The van der Waals surface area contributed by atoms with Crippen molar-refractivity contribution < 1.29 is 13.2 Å². The lowest BCUT2D eigenvalue weighted by Gasteiger charge is -1.98. The largest absolute Gasteiger partial charge is 0.298 e. The van der Waals surface area contributed by atoms with E-state index in [9.17, 15) is 13.2 Å². The first-order chi connectivity index (χ1) is 6.51. The Balaban J connectivity index is 2.72. The van der Waals surface area contributed by atoms with Crippen LogP contribution in [0, 0.1) is 0 Å². The van der Waals surface area contributed by atoms with Crippen molar-refractivity contribution in [2.75, 3.05) is 5.75 Å². The highest BCUT2D eigenvalue weighted by atomic mass is 35.7. The van der Waals surface area contributed by atoms with Crippen LogP contribution in [0.5, 0.6) is 0 Å². The number of aldehydes is 1. The summed E-state index contributed by atoms with van der Waals surface area (Å²) in [5.41, 5.74) is 1.01. The number of pyridine rings is 1. The average molecular weight is 234 g/mol. The molecule has 4 nitrogen and oxygen atoms in total. The molecule has 1 aromatic heterocycles. The molecule has 14 heavy (non-hydrogen) atoms. The van der Waals surface area contributed by atoms with Crippen molar-refractivity contribution in [3.63, 3.8) is 0 Å². The van der Waals surface area contributed by atoms with Gasteiger partial charge in [-0.2, -0.15) is 0 Å². The number of hydrogen-bond acceptors (Lipinski definition) is 4. The van der Waals surface area contributed by atoms with Gasteiger partial charge in [-0.15, -0.1) is 0 Å². The van der Waals surface area contributed by atoms with Gasteiger partial charge >= 0.3 is 0 Å². The number of carbonyl (C=O) groups is 1. The van der Waals surface area contributed by atoms with Crippen molar-refractivity contribution in [1.29, 1.82) is 0 Å². The Morgan fingerprint density at radius 2 is 2.21 bits per heavy atom. The van der Waals surface area contributed by atoms with E-state index in [0.29, 0.717) is 17.5 Å². The Labute approximate surface area is 86.3 Å². The molecule has 1 aromatic rings. The molecule has 0 atom stereocenters. The first-order valence-corrected chi connectivity index (χ1v) is 6.31. The van der Waals surface area contributed by atoms with Crippen LogP contribution in [0.3, 0.4) is 0 Å². The lowest BCUT2D eigenvalue weighted by molar-refractivity contribution is 0.112. The van der Waals surface area contributed by atoms with Crippen LogP contribution >= 0.6 is 10.7 Å². The monoisotopic (exact) mass is 233 g/mol. The van der Waals surface area contributed by atoms with E-state index < -0.39 is 9.05 Å². The molecule has 1 heterocycles. The van der Waals surface area contributed by atoms with Crippen molar-refractivity contribution in [2.45, 2.75) is 6.42 Å². The summed E-state index contributed by atoms with van der Waals surface area (Å²) in [6.07, 6.45) is 2.35. The molecule has 0 unspecified atom stereocenters. The van der Waals surface area contributed by atoms with E-state index in [4.69, 9.17) is 10.7 Å². The molecule has 0 N–H and O–H groups in total. The van der Waals surface area contributed by atoms with Crippen LogP contribution in [0.4, 0.5) is 0 Å². The molecule has 0 saturated heterocycles. The highest BCUT2D eigenvalue weighted by molar-refractivity contribution is 8.13. The van der Waals surface area contributed by atoms with Gasteiger partial charge in [0.1, 0.15) is 6.29 Å². The average Bonchev–Trinajstić information content (AvgIpc) is 2.14. The summed E-state index contributed by atoms with van der Waals surface area (Å²) in [6.45, 7) is 0. The number of halogens is 1. The first kappa shape index (κ1) is 11.1. The molecule has 0 spiro atoms. The van der Waals surface area contributed by atoms with Crippen LogP contribution < -0.4 is 0 Å². The number of rotatable bonds is 4. The summed E-state index contributed by atoms with van der Waals surface area (Å²) in [7, 11) is 1.53. The van der Waals surface area contributed by atoms with E-state index in [1.54, 1.807) is 6.07 Å². The van der Waals surface area contributed by atoms with Gasteiger partial charge in [-0.25, -0.2) is 8.42 Å². The lowest BCUT2D eigenvalue weighted by Crippen LogP contribution is -2.03. The molecular weight excluding hydrogens is 226 g/mol. The van der Waals surface area contributed by atoms with E-state index in [2.05, 4.69) is 4.98 Å². The van der Waals surface area contributed by atoms with Gasteiger partial charge < -0.3 is 0 Å². The number of nitrogens with zero attached hydrogens (tertiary/aromatic N) is 1. The van der Waals surface area contributed by atoms with Crippen molar-refractivity contribution in [2.24, 2.45) is 0 Å². The SMILES string of the molecule is O=Cc1ccnc(CCS(=O)(=O)Cl)c1. The van der Waals surface area contributed by atoms with Crippen molar-refractivity contribution in [1.82, 2.24) is 4.98 Å². The zero-order chi connectivity index (χ0) is 10.6. The Morgan fingerprint density at radius 1 is 1.50 bits per heavy atom. The van der Waals surface area contributed by atoms with Crippen LogP contribution in [0.2, 0.25) is 0 Å². The molecular formula is C8H8ClNO3S. The van der Waals surface area contributed by atoms with Gasteiger partial charge in [0.25, 0.3) is 0 Å². The van der Waals surface area contributed by atoms with Crippen LogP contribution in [-0.2, 0) is 15.5 Å². The van der Waals surface area contributed by atoms with Gasteiger partial charge in [0, 0.05) is 34.6 Å². The summed E-state index contributed by atoms with van der Waals surface area (Å²) in [6, 6.07) is 3.08. The van der Waals surface area contributed by atoms with Gasteiger partial charge in [-0.05, 0) is 12.1 Å². The predicted molar refractivity (Wildman–Crippen MR) is 53.0 cm³/mol. The molecule has 76 valence electrons. The molecule has 6 heteroatoms. The molecule has 0 bridgehead atoms. The quantitative estimate of drug-likeness (QED) is 0.575. The Bertz CT molecular complexity index is 430.